The molecule has 118 valence electrons. The van der Waals surface area contributed by atoms with Gasteiger partial charge in [-0.15, -0.1) is 11.3 Å². The molecule has 6 nitrogen and oxygen atoms in total. The topological polar surface area (TPSA) is 80.3 Å². The monoisotopic (exact) mass is 329 g/mol. The quantitative estimate of drug-likeness (QED) is 0.848. The highest BCUT2D eigenvalue weighted by Crippen LogP contribution is 2.34. The number of nitrogens with one attached hydrogen (secondary N) is 2. The van der Waals surface area contributed by atoms with E-state index in [4.69, 9.17) is 4.74 Å². The highest BCUT2D eigenvalue weighted by atomic mass is 32.1. The number of urea groups is 1. The maximum atomic E-state index is 12.1. The van der Waals surface area contributed by atoms with Crippen molar-refractivity contribution < 1.29 is 14.3 Å². The Morgan fingerprint density at radius 1 is 1.30 bits per heavy atom. The average molecular weight is 329 g/mol. The van der Waals surface area contributed by atoms with Crippen LogP contribution in [0.4, 0.5) is 4.79 Å². The van der Waals surface area contributed by atoms with E-state index in [1.165, 1.54) is 18.4 Å². The predicted octanol–water partition coefficient (Wildman–Crippen LogP) is 2.61. The van der Waals surface area contributed by atoms with Crippen LogP contribution in [0.2, 0.25) is 0 Å². The van der Waals surface area contributed by atoms with Crippen molar-refractivity contribution in [1.82, 2.24) is 15.6 Å². The van der Waals surface area contributed by atoms with Crippen molar-refractivity contribution in [3.8, 4) is 10.6 Å². The fourth-order valence-electron chi connectivity index (χ4n) is 2.42. The largest absolute Gasteiger partial charge is 0.466 e. The number of allylic oxidation sites excluding steroid dienone is 1. The van der Waals surface area contributed by atoms with Crippen LogP contribution in [0.1, 0.15) is 17.8 Å². The normalized spacial score (nSPS) is 17.5. The summed E-state index contributed by atoms with van der Waals surface area (Å²) in [5.41, 5.74) is 1.86. The highest BCUT2D eigenvalue weighted by molar-refractivity contribution is 7.15. The zero-order valence-electron chi connectivity index (χ0n) is 12.6. The summed E-state index contributed by atoms with van der Waals surface area (Å²) in [4.78, 5) is 29.0. The summed E-state index contributed by atoms with van der Waals surface area (Å²) in [6.07, 6.45) is 1.68. The van der Waals surface area contributed by atoms with Crippen molar-refractivity contribution in [3.05, 3.63) is 52.7 Å². The predicted molar refractivity (Wildman–Crippen MR) is 86.7 cm³/mol. The molecule has 0 saturated carbocycles. The number of amides is 2. The number of carbonyl (C=O) groups is 2. The minimum absolute atomic E-state index is 0.352. The average Bonchev–Trinajstić information content (AvgIpc) is 3.04. The third-order valence-corrected chi connectivity index (χ3v) is 4.61. The number of carbonyl (C=O) groups excluding carboxylic acids is 2. The van der Waals surface area contributed by atoms with Crippen LogP contribution >= 0.6 is 11.3 Å². The van der Waals surface area contributed by atoms with Gasteiger partial charge in [0.15, 0.2) is 0 Å². The van der Waals surface area contributed by atoms with Gasteiger partial charge in [-0.2, -0.15) is 0 Å². The molecular formula is C16H15N3O3S. The van der Waals surface area contributed by atoms with Gasteiger partial charge < -0.3 is 15.4 Å². The Labute approximate surface area is 137 Å². The van der Waals surface area contributed by atoms with E-state index in [9.17, 15) is 9.59 Å². The first kappa shape index (κ1) is 15.2. The highest BCUT2D eigenvalue weighted by Gasteiger charge is 2.33. The van der Waals surface area contributed by atoms with Gasteiger partial charge in [0.1, 0.15) is 11.0 Å². The lowest BCUT2D eigenvalue weighted by Crippen LogP contribution is -2.45. The van der Waals surface area contributed by atoms with Gasteiger partial charge in [-0.3, -0.25) is 0 Å². The van der Waals surface area contributed by atoms with E-state index in [1.807, 2.05) is 30.3 Å². The van der Waals surface area contributed by atoms with Gasteiger partial charge in [0.25, 0.3) is 0 Å². The minimum atomic E-state index is -0.564. The SMILES string of the molecule is COC(=O)C1=C(C)NC(=O)N[C@H]1c1cnc(-c2ccccc2)s1. The van der Waals surface area contributed by atoms with E-state index in [2.05, 4.69) is 15.6 Å². The molecule has 2 heterocycles. The van der Waals surface area contributed by atoms with E-state index in [-0.39, 0.29) is 6.03 Å². The number of esters is 1. The van der Waals surface area contributed by atoms with Crippen molar-refractivity contribution in [1.29, 1.82) is 0 Å². The van der Waals surface area contributed by atoms with Gasteiger partial charge in [-0.1, -0.05) is 30.3 Å². The molecule has 0 unspecified atom stereocenters. The number of ether oxygens (including phenoxy) is 1. The lowest BCUT2D eigenvalue weighted by Gasteiger charge is -2.26. The Bertz CT molecular complexity index is 783. The summed E-state index contributed by atoms with van der Waals surface area (Å²) in [5, 5.41) is 6.18. The van der Waals surface area contributed by atoms with Gasteiger partial charge >= 0.3 is 12.0 Å². The number of aromatic nitrogens is 1. The first-order chi connectivity index (χ1) is 11.1. The molecule has 2 aromatic rings. The van der Waals surface area contributed by atoms with Crippen molar-refractivity contribution >= 4 is 23.3 Å². The van der Waals surface area contributed by atoms with Crippen LogP contribution in [0.3, 0.4) is 0 Å². The van der Waals surface area contributed by atoms with Crippen LogP contribution in [-0.4, -0.2) is 24.1 Å². The van der Waals surface area contributed by atoms with E-state index in [1.54, 1.807) is 13.1 Å². The van der Waals surface area contributed by atoms with Crippen molar-refractivity contribution in [3.63, 3.8) is 0 Å². The van der Waals surface area contributed by atoms with Crippen LogP contribution in [0.25, 0.3) is 10.6 Å². The number of thiazole rings is 1. The first-order valence-electron chi connectivity index (χ1n) is 6.98. The molecule has 0 fully saturated rings. The van der Waals surface area contributed by atoms with Gasteiger partial charge in [-0.05, 0) is 6.92 Å². The fraction of sp³-hybridized carbons (Fsp3) is 0.188. The van der Waals surface area contributed by atoms with Gasteiger partial charge in [0.2, 0.25) is 0 Å². The summed E-state index contributed by atoms with van der Waals surface area (Å²) >= 11 is 1.43. The fourth-order valence-corrected chi connectivity index (χ4v) is 3.40. The molecule has 1 atom stereocenters. The second-order valence-corrected chi connectivity index (χ2v) is 6.06. The third kappa shape index (κ3) is 2.95. The Balaban J connectivity index is 1.99. The number of methoxy groups -OCH3 is 1. The Hall–Kier alpha value is -2.67. The van der Waals surface area contributed by atoms with Crippen molar-refractivity contribution in [2.45, 2.75) is 13.0 Å². The maximum Gasteiger partial charge on any atom is 0.338 e. The standard InChI is InChI=1S/C16H15N3O3S/c1-9-12(15(20)22-2)13(19-16(21)18-9)11-8-17-14(23-11)10-6-4-3-5-7-10/h3-8,13H,1-2H3,(H2,18,19,21)/t13-/m0/s1. The second kappa shape index (κ2) is 6.21. The molecule has 0 radical (unpaired) electrons. The third-order valence-electron chi connectivity index (χ3n) is 3.50. The molecule has 0 spiro atoms. The maximum absolute atomic E-state index is 12.1. The van der Waals surface area contributed by atoms with E-state index in [0.717, 1.165) is 15.4 Å². The van der Waals surface area contributed by atoms with E-state index >= 15 is 0 Å². The molecule has 2 amide bonds. The zero-order chi connectivity index (χ0) is 16.4. The number of nitrogens with zero attached hydrogens (tertiary/aromatic N) is 1. The lowest BCUT2D eigenvalue weighted by molar-refractivity contribution is -0.136. The van der Waals surface area contributed by atoms with Crippen LogP contribution in [-0.2, 0) is 9.53 Å². The molecule has 1 aliphatic heterocycles. The van der Waals surface area contributed by atoms with E-state index < -0.39 is 12.0 Å². The Morgan fingerprint density at radius 2 is 2.04 bits per heavy atom. The van der Waals surface area contributed by atoms with Crippen LogP contribution in [0.5, 0.6) is 0 Å². The Kier molecular flexibility index (Phi) is 4.12. The summed E-state index contributed by atoms with van der Waals surface area (Å²) < 4.78 is 4.83. The van der Waals surface area contributed by atoms with Crippen molar-refractivity contribution in [2.75, 3.05) is 7.11 Å². The molecule has 0 bridgehead atoms. The zero-order valence-corrected chi connectivity index (χ0v) is 13.4. The molecule has 1 aromatic carbocycles. The van der Waals surface area contributed by atoms with E-state index in [0.29, 0.717) is 11.3 Å². The summed E-state index contributed by atoms with van der Waals surface area (Å²) in [6, 6.07) is 8.82. The molecule has 1 aromatic heterocycles. The molecule has 0 aliphatic carbocycles. The molecule has 23 heavy (non-hydrogen) atoms. The number of benzene rings is 1. The van der Waals surface area contributed by atoms with Crippen LogP contribution < -0.4 is 10.6 Å². The smallest absolute Gasteiger partial charge is 0.338 e. The molecule has 1 aliphatic rings. The summed E-state index contributed by atoms with van der Waals surface area (Å²) in [7, 11) is 1.32. The molecular weight excluding hydrogens is 314 g/mol. The van der Waals surface area contributed by atoms with Gasteiger partial charge in [0, 0.05) is 17.5 Å². The molecule has 3 rings (SSSR count). The van der Waals surface area contributed by atoms with Gasteiger partial charge in [0.05, 0.1) is 17.6 Å². The second-order valence-electron chi connectivity index (χ2n) is 5.00. The molecule has 2 N–H and O–H groups in total. The van der Waals surface area contributed by atoms with Crippen LogP contribution in [0, 0.1) is 0 Å². The first-order valence-corrected chi connectivity index (χ1v) is 7.79. The number of hydrogen-bond donors (Lipinski definition) is 2. The van der Waals surface area contributed by atoms with Crippen molar-refractivity contribution in [2.24, 2.45) is 0 Å². The molecule has 0 saturated heterocycles. The minimum Gasteiger partial charge on any atom is -0.466 e. The molecule has 7 heteroatoms. The van der Waals surface area contributed by atoms with Crippen LogP contribution in [0.15, 0.2) is 47.8 Å². The van der Waals surface area contributed by atoms with Gasteiger partial charge in [-0.25, -0.2) is 14.6 Å². The summed E-state index contributed by atoms with van der Waals surface area (Å²) in [5.74, 6) is -0.477. The number of hydrogen-bond acceptors (Lipinski definition) is 5. The number of rotatable bonds is 3. The lowest BCUT2D eigenvalue weighted by atomic mass is 10.0. The Morgan fingerprint density at radius 3 is 2.74 bits per heavy atom. The summed E-state index contributed by atoms with van der Waals surface area (Å²) in [6.45, 7) is 1.68.